The van der Waals surface area contributed by atoms with E-state index in [1.54, 1.807) is 6.07 Å². The second-order valence-electron chi connectivity index (χ2n) is 4.69. The lowest BCUT2D eigenvalue weighted by molar-refractivity contribution is 0.0832. The Kier molecular flexibility index (Phi) is 3.53. The first-order valence-electron chi connectivity index (χ1n) is 5.60. The first-order chi connectivity index (χ1) is 7.65. The van der Waals surface area contributed by atoms with Crippen LogP contribution >= 0.6 is 15.9 Å². The van der Waals surface area contributed by atoms with Gasteiger partial charge in [-0.3, -0.25) is 0 Å². The number of hydrogen-bond donors (Lipinski definition) is 0. The third-order valence-electron chi connectivity index (χ3n) is 3.38. The lowest BCUT2D eigenvalue weighted by atomic mass is 9.71. The molecule has 0 saturated heterocycles. The lowest BCUT2D eigenvalue weighted by Gasteiger charge is -2.40. The highest BCUT2D eigenvalue weighted by Crippen LogP contribution is 2.42. The van der Waals surface area contributed by atoms with Gasteiger partial charge in [-0.15, -0.1) is 0 Å². The fraction of sp³-hybridized carbons (Fsp3) is 0.538. The van der Waals surface area contributed by atoms with E-state index in [2.05, 4.69) is 15.9 Å². The fourth-order valence-corrected chi connectivity index (χ4v) is 2.68. The van der Waals surface area contributed by atoms with Gasteiger partial charge in [0, 0.05) is 16.8 Å². The van der Waals surface area contributed by atoms with Gasteiger partial charge in [-0.25, -0.2) is 4.39 Å². The average molecular weight is 287 g/mol. The molecule has 0 bridgehead atoms. The molecule has 0 radical (unpaired) electrons. The van der Waals surface area contributed by atoms with E-state index in [1.165, 1.54) is 31.4 Å². The van der Waals surface area contributed by atoms with Crippen molar-refractivity contribution in [3.05, 3.63) is 29.6 Å². The maximum atomic E-state index is 13.1. The molecular weight excluding hydrogens is 271 g/mol. The zero-order chi connectivity index (χ0) is 11.6. The summed E-state index contributed by atoms with van der Waals surface area (Å²) < 4.78 is 18.8. The molecule has 1 nitrogen and oxygen atoms in total. The Bertz CT molecular complexity index is 369. The van der Waals surface area contributed by atoms with Crippen LogP contribution < -0.4 is 4.74 Å². The summed E-state index contributed by atoms with van der Waals surface area (Å²) in [6.45, 7) is 2.62. The lowest BCUT2D eigenvalue weighted by Crippen LogP contribution is -2.37. The van der Waals surface area contributed by atoms with Crippen molar-refractivity contribution in [2.75, 3.05) is 11.9 Å². The van der Waals surface area contributed by atoms with Crippen LogP contribution in [0.2, 0.25) is 0 Å². The van der Waals surface area contributed by atoms with Gasteiger partial charge in [-0.05, 0) is 31.4 Å². The van der Waals surface area contributed by atoms with E-state index in [9.17, 15) is 4.39 Å². The third kappa shape index (κ3) is 2.40. The highest BCUT2D eigenvalue weighted by Gasteiger charge is 2.36. The predicted molar refractivity (Wildman–Crippen MR) is 66.7 cm³/mol. The van der Waals surface area contributed by atoms with Crippen molar-refractivity contribution in [3.63, 3.8) is 0 Å². The molecule has 2 rings (SSSR count). The van der Waals surface area contributed by atoms with Crippen LogP contribution in [0.1, 0.15) is 24.8 Å². The minimum Gasteiger partial charge on any atom is -0.493 e. The van der Waals surface area contributed by atoms with Crippen LogP contribution in [0.4, 0.5) is 4.39 Å². The summed E-state index contributed by atoms with van der Waals surface area (Å²) in [5.41, 5.74) is 1.27. The maximum absolute atomic E-state index is 13.1. The molecule has 1 fully saturated rings. The van der Waals surface area contributed by atoms with Gasteiger partial charge in [-0.2, -0.15) is 0 Å². The standard InChI is InChI=1S/C13H16BrFO/c1-10-3-4-11(15)7-12(10)16-9-13(8-14)5-2-6-13/h3-4,7H,2,5-6,8-9H2,1H3. The minimum absolute atomic E-state index is 0.234. The SMILES string of the molecule is Cc1ccc(F)cc1OCC1(CBr)CCC1. The maximum Gasteiger partial charge on any atom is 0.126 e. The highest BCUT2D eigenvalue weighted by molar-refractivity contribution is 9.09. The quantitative estimate of drug-likeness (QED) is 0.758. The van der Waals surface area contributed by atoms with Gasteiger partial charge in [0.05, 0.1) is 6.61 Å². The van der Waals surface area contributed by atoms with Crippen molar-refractivity contribution in [1.82, 2.24) is 0 Å². The van der Waals surface area contributed by atoms with Gasteiger partial charge in [0.2, 0.25) is 0 Å². The first kappa shape index (κ1) is 11.9. The van der Waals surface area contributed by atoms with Gasteiger partial charge >= 0.3 is 0 Å². The summed E-state index contributed by atoms with van der Waals surface area (Å²) in [5, 5.41) is 0.967. The Morgan fingerprint density at radius 2 is 2.19 bits per heavy atom. The van der Waals surface area contributed by atoms with Crippen LogP contribution in [0.15, 0.2) is 18.2 Å². The fourth-order valence-electron chi connectivity index (χ4n) is 1.95. The molecular formula is C13H16BrFO. The van der Waals surface area contributed by atoms with Crippen molar-refractivity contribution in [2.45, 2.75) is 26.2 Å². The first-order valence-corrected chi connectivity index (χ1v) is 6.72. The zero-order valence-corrected chi connectivity index (χ0v) is 11.0. The van der Waals surface area contributed by atoms with Crippen molar-refractivity contribution >= 4 is 15.9 Å². The molecule has 1 aromatic rings. The average Bonchev–Trinajstić information content (AvgIpc) is 2.22. The van der Waals surface area contributed by atoms with Crippen molar-refractivity contribution in [3.8, 4) is 5.75 Å². The van der Waals surface area contributed by atoms with Crippen molar-refractivity contribution in [2.24, 2.45) is 5.41 Å². The number of benzene rings is 1. The summed E-state index contributed by atoms with van der Waals surface area (Å²) >= 11 is 3.54. The number of alkyl halides is 1. The summed E-state index contributed by atoms with van der Waals surface area (Å²) in [5.74, 6) is 0.439. The normalized spacial score (nSPS) is 17.9. The van der Waals surface area contributed by atoms with E-state index in [-0.39, 0.29) is 11.2 Å². The van der Waals surface area contributed by atoms with E-state index >= 15 is 0 Å². The van der Waals surface area contributed by atoms with Gasteiger partial charge in [-0.1, -0.05) is 28.4 Å². The summed E-state index contributed by atoms with van der Waals surface area (Å²) in [7, 11) is 0. The van der Waals surface area contributed by atoms with E-state index < -0.39 is 0 Å². The molecule has 0 amide bonds. The topological polar surface area (TPSA) is 9.23 Å². The van der Waals surface area contributed by atoms with Gasteiger partial charge < -0.3 is 4.74 Å². The number of halogens is 2. The Hall–Kier alpha value is -0.570. The van der Waals surface area contributed by atoms with E-state index in [0.717, 1.165) is 10.9 Å². The van der Waals surface area contributed by atoms with Gasteiger partial charge in [0.15, 0.2) is 0 Å². The van der Waals surface area contributed by atoms with E-state index in [1.807, 2.05) is 6.92 Å². The Morgan fingerprint density at radius 1 is 1.44 bits per heavy atom. The molecule has 0 unspecified atom stereocenters. The Balaban J connectivity index is 2.01. The van der Waals surface area contributed by atoms with Crippen LogP contribution in [0.3, 0.4) is 0 Å². The largest absolute Gasteiger partial charge is 0.493 e. The number of rotatable bonds is 4. The zero-order valence-electron chi connectivity index (χ0n) is 9.43. The Labute approximate surface area is 104 Å². The second-order valence-corrected chi connectivity index (χ2v) is 5.25. The Morgan fingerprint density at radius 3 is 2.75 bits per heavy atom. The molecule has 0 spiro atoms. The molecule has 0 N–H and O–H groups in total. The number of ether oxygens (including phenoxy) is 1. The van der Waals surface area contributed by atoms with Crippen LogP contribution in [-0.2, 0) is 0 Å². The van der Waals surface area contributed by atoms with E-state index in [4.69, 9.17) is 4.74 Å². The molecule has 1 aromatic carbocycles. The van der Waals surface area contributed by atoms with Crippen molar-refractivity contribution in [1.29, 1.82) is 0 Å². The van der Waals surface area contributed by atoms with Crippen LogP contribution in [0.25, 0.3) is 0 Å². The molecule has 0 heterocycles. The van der Waals surface area contributed by atoms with Crippen LogP contribution in [0.5, 0.6) is 5.75 Å². The third-order valence-corrected chi connectivity index (χ3v) is 4.57. The number of hydrogen-bond acceptors (Lipinski definition) is 1. The molecule has 0 aromatic heterocycles. The summed E-state index contributed by atoms with van der Waals surface area (Å²) in [6.07, 6.45) is 3.68. The highest BCUT2D eigenvalue weighted by atomic mass is 79.9. The summed E-state index contributed by atoms with van der Waals surface area (Å²) in [6, 6.07) is 4.69. The van der Waals surface area contributed by atoms with Crippen molar-refractivity contribution < 1.29 is 9.13 Å². The van der Waals surface area contributed by atoms with Crippen LogP contribution in [0, 0.1) is 18.2 Å². The molecule has 3 heteroatoms. The smallest absolute Gasteiger partial charge is 0.126 e. The van der Waals surface area contributed by atoms with Crippen LogP contribution in [-0.4, -0.2) is 11.9 Å². The number of aryl methyl sites for hydroxylation is 1. The minimum atomic E-state index is -0.234. The molecule has 1 aliphatic carbocycles. The molecule has 0 atom stereocenters. The van der Waals surface area contributed by atoms with Gasteiger partial charge in [0.1, 0.15) is 11.6 Å². The monoisotopic (exact) mass is 286 g/mol. The van der Waals surface area contributed by atoms with E-state index in [0.29, 0.717) is 12.4 Å². The predicted octanol–water partition coefficient (Wildman–Crippen LogP) is 4.08. The molecule has 16 heavy (non-hydrogen) atoms. The molecule has 88 valence electrons. The molecule has 1 saturated carbocycles. The molecule has 1 aliphatic rings. The summed E-state index contributed by atoms with van der Waals surface area (Å²) in [4.78, 5) is 0. The van der Waals surface area contributed by atoms with Gasteiger partial charge in [0.25, 0.3) is 0 Å². The second kappa shape index (κ2) is 4.74. The molecule has 0 aliphatic heterocycles.